The van der Waals surface area contributed by atoms with E-state index < -0.39 is 23.9 Å². The highest BCUT2D eigenvalue weighted by atomic mass is 16.7. The molecule has 0 aromatic heterocycles. The molecule has 8 heteroatoms. The topological polar surface area (TPSA) is 92.3 Å². The fourth-order valence-corrected chi connectivity index (χ4v) is 6.10. The van der Waals surface area contributed by atoms with Crippen LogP contribution in [0.25, 0.3) is 0 Å². The van der Waals surface area contributed by atoms with E-state index in [2.05, 4.69) is 19.2 Å². The molecule has 48 heavy (non-hydrogen) atoms. The van der Waals surface area contributed by atoms with E-state index in [0.29, 0.717) is 13.2 Å². The normalized spacial score (nSPS) is 17.6. The standard InChI is InChI=1S/C40H61NO7/c1-5-6-7-8-9-10-11-12-13-14-21-26-36(32(2)37-27-28-46-40(3,4)48-37)47-38(42)35(31-44-29-33-22-17-15-18-23-33)41-39(43)45-30-34-24-19-16-20-25-34/h15-20,22-25,32,35-37H,5-14,21,26-31H2,1-4H3,(H,41,43)/t32-,35-,36+,37-/m0/s1. The third-order valence-corrected chi connectivity index (χ3v) is 9.01. The molecule has 4 atom stereocenters. The van der Waals surface area contributed by atoms with Crippen LogP contribution in [-0.4, -0.2) is 49.3 Å². The molecular weight excluding hydrogens is 606 g/mol. The van der Waals surface area contributed by atoms with Crippen molar-refractivity contribution in [3.63, 3.8) is 0 Å². The van der Waals surface area contributed by atoms with Crippen LogP contribution in [0.3, 0.4) is 0 Å². The van der Waals surface area contributed by atoms with Gasteiger partial charge in [-0.25, -0.2) is 9.59 Å². The van der Waals surface area contributed by atoms with Gasteiger partial charge in [0.2, 0.25) is 0 Å². The highest BCUT2D eigenvalue weighted by molar-refractivity contribution is 5.81. The van der Waals surface area contributed by atoms with Crippen LogP contribution in [0.2, 0.25) is 0 Å². The first kappa shape index (κ1) is 39.5. The first-order chi connectivity index (χ1) is 23.3. The summed E-state index contributed by atoms with van der Waals surface area (Å²) in [6, 6.07) is 18.1. The summed E-state index contributed by atoms with van der Waals surface area (Å²) < 4.78 is 29.7. The maximum Gasteiger partial charge on any atom is 0.408 e. The summed E-state index contributed by atoms with van der Waals surface area (Å²) in [4.78, 5) is 26.6. The molecule has 0 saturated carbocycles. The van der Waals surface area contributed by atoms with Gasteiger partial charge in [0.25, 0.3) is 0 Å². The SMILES string of the molecule is CCCCCCCCCCCCC[C@@H](OC(=O)[C@H](COCc1ccccc1)NC(=O)OCc1ccccc1)[C@H](C)[C@@H]1CCOC(C)(C)O1. The van der Waals surface area contributed by atoms with Crippen molar-refractivity contribution in [2.24, 2.45) is 5.92 Å². The fourth-order valence-electron chi connectivity index (χ4n) is 6.10. The van der Waals surface area contributed by atoms with Crippen LogP contribution in [-0.2, 0) is 41.7 Å². The van der Waals surface area contributed by atoms with Crippen LogP contribution in [0.15, 0.2) is 60.7 Å². The van der Waals surface area contributed by atoms with Crippen LogP contribution in [0.5, 0.6) is 0 Å². The van der Waals surface area contributed by atoms with Gasteiger partial charge in [-0.05, 0) is 44.2 Å². The number of hydrogen-bond donors (Lipinski definition) is 1. The average Bonchev–Trinajstić information content (AvgIpc) is 3.08. The van der Waals surface area contributed by atoms with E-state index >= 15 is 0 Å². The maximum absolute atomic E-state index is 13.8. The highest BCUT2D eigenvalue weighted by Gasteiger charge is 2.38. The monoisotopic (exact) mass is 667 g/mol. The molecule has 8 nitrogen and oxygen atoms in total. The number of hydrogen-bond acceptors (Lipinski definition) is 7. The second-order valence-corrected chi connectivity index (χ2v) is 13.6. The molecule has 1 N–H and O–H groups in total. The molecule has 0 aliphatic carbocycles. The quantitative estimate of drug-likeness (QED) is 0.0933. The Kier molecular flexibility index (Phi) is 18.6. The summed E-state index contributed by atoms with van der Waals surface area (Å²) in [6.07, 6.45) is 14.0. The van der Waals surface area contributed by atoms with E-state index in [0.717, 1.165) is 36.8 Å². The molecule has 0 radical (unpaired) electrons. The molecular formula is C40H61NO7. The van der Waals surface area contributed by atoms with E-state index in [1.54, 1.807) is 0 Å². The number of rotatable bonds is 23. The van der Waals surface area contributed by atoms with Gasteiger partial charge in [-0.3, -0.25) is 0 Å². The molecule has 0 unspecified atom stereocenters. The Labute approximate surface area is 289 Å². The Morgan fingerprint density at radius 1 is 0.833 bits per heavy atom. The van der Waals surface area contributed by atoms with Gasteiger partial charge in [-0.15, -0.1) is 0 Å². The number of carbonyl (C=O) groups excluding carboxylic acids is 2. The number of alkyl carbamates (subject to hydrolysis) is 1. The minimum atomic E-state index is -1.03. The molecule has 1 amide bonds. The van der Waals surface area contributed by atoms with Gasteiger partial charge in [-0.1, -0.05) is 139 Å². The van der Waals surface area contributed by atoms with Gasteiger partial charge in [-0.2, -0.15) is 0 Å². The number of amides is 1. The first-order valence-corrected chi connectivity index (χ1v) is 18.4. The van der Waals surface area contributed by atoms with Crippen molar-refractivity contribution in [2.45, 2.75) is 148 Å². The maximum atomic E-state index is 13.8. The zero-order valence-corrected chi connectivity index (χ0v) is 30.0. The van der Waals surface area contributed by atoms with Gasteiger partial charge >= 0.3 is 12.1 Å². The Morgan fingerprint density at radius 2 is 1.40 bits per heavy atom. The van der Waals surface area contributed by atoms with Gasteiger partial charge in [0.05, 0.1) is 25.9 Å². The lowest BCUT2D eigenvalue weighted by atomic mass is 9.91. The first-order valence-electron chi connectivity index (χ1n) is 18.4. The van der Waals surface area contributed by atoms with Crippen LogP contribution in [0.4, 0.5) is 4.79 Å². The van der Waals surface area contributed by atoms with E-state index in [1.807, 2.05) is 74.5 Å². The van der Waals surface area contributed by atoms with Gasteiger partial charge in [0, 0.05) is 5.92 Å². The van der Waals surface area contributed by atoms with Crippen molar-refractivity contribution in [2.75, 3.05) is 13.2 Å². The second-order valence-electron chi connectivity index (χ2n) is 13.6. The van der Waals surface area contributed by atoms with Crippen molar-refractivity contribution in [1.29, 1.82) is 0 Å². The predicted octanol–water partition coefficient (Wildman–Crippen LogP) is 9.29. The summed E-state index contributed by atoms with van der Waals surface area (Å²) in [5.74, 6) is -1.29. The minimum absolute atomic E-state index is 0.0471. The van der Waals surface area contributed by atoms with Gasteiger partial charge in [0.1, 0.15) is 12.7 Å². The lowest BCUT2D eigenvalue weighted by Crippen LogP contribution is -2.49. The number of carbonyl (C=O) groups is 2. The van der Waals surface area contributed by atoms with E-state index in [4.69, 9.17) is 23.7 Å². The number of esters is 1. The lowest BCUT2D eigenvalue weighted by Gasteiger charge is -2.40. The Balaban J connectivity index is 1.59. The number of ether oxygens (including phenoxy) is 5. The van der Waals surface area contributed by atoms with Crippen molar-refractivity contribution in [1.82, 2.24) is 5.32 Å². The van der Waals surface area contributed by atoms with Crippen molar-refractivity contribution >= 4 is 12.1 Å². The molecule has 1 heterocycles. The zero-order chi connectivity index (χ0) is 34.5. The second kappa shape index (κ2) is 22.6. The summed E-state index contributed by atoms with van der Waals surface area (Å²) in [5, 5.41) is 2.71. The fraction of sp³-hybridized carbons (Fsp3) is 0.650. The lowest BCUT2D eigenvalue weighted by molar-refractivity contribution is -0.286. The Morgan fingerprint density at radius 3 is 1.98 bits per heavy atom. The van der Waals surface area contributed by atoms with Crippen molar-refractivity contribution < 1.29 is 33.3 Å². The highest BCUT2D eigenvalue weighted by Crippen LogP contribution is 2.31. The minimum Gasteiger partial charge on any atom is -0.460 e. The van der Waals surface area contributed by atoms with Gasteiger partial charge < -0.3 is 29.0 Å². The van der Waals surface area contributed by atoms with Crippen LogP contribution >= 0.6 is 0 Å². The van der Waals surface area contributed by atoms with E-state index in [-0.39, 0.29) is 31.3 Å². The molecule has 3 rings (SSSR count). The number of nitrogens with one attached hydrogen (secondary N) is 1. The number of benzene rings is 2. The molecule has 1 saturated heterocycles. The third-order valence-electron chi connectivity index (χ3n) is 9.01. The zero-order valence-electron chi connectivity index (χ0n) is 30.0. The van der Waals surface area contributed by atoms with Crippen molar-refractivity contribution in [3.8, 4) is 0 Å². The largest absolute Gasteiger partial charge is 0.460 e. The molecule has 1 fully saturated rings. The molecule has 2 aromatic carbocycles. The third kappa shape index (κ3) is 16.0. The summed E-state index contributed by atoms with van der Waals surface area (Å²) >= 11 is 0. The van der Waals surface area contributed by atoms with E-state index in [1.165, 1.54) is 57.8 Å². The van der Waals surface area contributed by atoms with Crippen LogP contribution in [0.1, 0.15) is 122 Å². The average molecular weight is 668 g/mol. The Hall–Kier alpha value is -2.94. The molecule has 1 aliphatic rings. The van der Waals surface area contributed by atoms with Crippen LogP contribution in [0, 0.1) is 5.92 Å². The molecule has 0 spiro atoms. The predicted molar refractivity (Wildman–Crippen MR) is 189 cm³/mol. The molecule has 2 aromatic rings. The summed E-state index contributed by atoms with van der Waals surface area (Å²) in [6.45, 7) is 9.11. The van der Waals surface area contributed by atoms with Gasteiger partial charge in [0.15, 0.2) is 11.8 Å². The molecule has 268 valence electrons. The molecule has 1 aliphatic heterocycles. The van der Waals surface area contributed by atoms with E-state index in [9.17, 15) is 9.59 Å². The molecule has 0 bridgehead atoms. The van der Waals surface area contributed by atoms with Crippen molar-refractivity contribution in [3.05, 3.63) is 71.8 Å². The number of unbranched alkanes of at least 4 members (excludes halogenated alkanes) is 10. The smallest absolute Gasteiger partial charge is 0.408 e. The summed E-state index contributed by atoms with van der Waals surface area (Å²) in [7, 11) is 0. The Bertz CT molecular complexity index is 1140. The summed E-state index contributed by atoms with van der Waals surface area (Å²) in [5.41, 5.74) is 1.82. The van der Waals surface area contributed by atoms with Crippen LogP contribution < -0.4 is 5.32 Å².